The average molecular weight is 349 g/mol. The van der Waals surface area contributed by atoms with Crippen molar-refractivity contribution in [3.8, 4) is 5.69 Å². The van der Waals surface area contributed by atoms with E-state index >= 15 is 0 Å². The Morgan fingerprint density at radius 3 is 2.96 bits per heavy atom. The number of carboxylic acid groups (broad SMARTS) is 1. The van der Waals surface area contributed by atoms with E-state index in [4.69, 9.17) is 11.6 Å². The molecule has 23 heavy (non-hydrogen) atoms. The summed E-state index contributed by atoms with van der Waals surface area (Å²) in [7, 11) is 0. The Morgan fingerprint density at radius 1 is 1.43 bits per heavy atom. The maximum absolute atomic E-state index is 11.1. The molecule has 7 nitrogen and oxygen atoms in total. The lowest BCUT2D eigenvalue weighted by Gasteiger charge is -2.14. The van der Waals surface area contributed by atoms with Crippen molar-refractivity contribution in [2.75, 3.05) is 0 Å². The number of thioether (sulfide) groups is 1. The summed E-state index contributed by atoms with van der Waals surface area (Å²) >= 11 is 7.08. The van der Waals surface area contributed by atoms with E-state index in [0.29, 0.717) is 33.3 Å². The van der Waals surface area contributed by atoms with Crippen molar-refractivity contribution in [1.82, 2.24) is 25.0 Å². The zero-order valence-electron chi connectivity index (χ0n) is 12.0. The lowest BCUT2D eigenvalue weighted by molar-refractivity contribution is -0.304. The van der Waals surface area contributed by atoms with Gasteiger partial charge in [-0.2, -0.15) is 4.68 Å². The van der Waals surface area contributed by atoms with Gasteiger partial charge in [0, 0.05) is 5.02 Å². The van der Waals surface area contributed by atoms with Gasteiger partial charge in [0.25, 0.3) is 0 Å². The van der Waals surface area contributed by atoms with Crippen LogP contribution >= 0.6 is 23.4 Å². The summed E-state index contributed by atoms with van der Waals surface area (Å²) in [6.45, 7) is 1.77. The highest BCUT2D eigenvalue weighted by atomic mass is 35.5. The topological polar surface area (TPSA) is 96.6 Å². The zero-order chi connectivity index (χ0) is 16.4. The number of hydrogen-bond donors (Lipinski definition) is 0. The molecule has 2 heterocycles. The number of carbonyl (C=O) groups excluding carboxylic acids is 1. The fraction of sp³-hybridized carbons (Fsp3) is 0.214. The van der Waals surface area contributed by atoms with Gasteiger partial charge in [-0.3, -0.25) is 0 Å². The lowest BCUT2D eigenvalue weighted by atomic mass is 10.3. The summed E-state index contributed by atoms with van der Waals surface area (Å²) in [4.78, 5) is 19.4. The monoisotopic (exact) mass is 348 g/mol. The molecule has 0 aliphatic heterocycles. The molecule has 0 aliphatic carbocycles. The molecule has 0 aliphatic rings. The fourth-order valence-corrected chi connectivity index (χ4v) is 3.10. The van der Waals surface area contributed by atoms with Crippen LogP contribution < -0.4 is 5.11 Å². The number of carbonyl (C=O) groups is 1. The smallest absolute Gasteiger partial charge is 0.187 e. The minimum Gasteiger partial charge on any atom is -0.549 e. The highest BCUT2D eigenvalue weighted by Gasteiger charge is 2.17. The lowest BCUT2D eigenvalue weighted by Crippen LogP contribution is -2.33. The van der Waals surface area contributed by atoms with Crippen molar-refractivity contribution in [2.24, 2.45) is 0 Å². The van der Waals surface area contributed by atoms with E-state index in [1.165, 1.54) is 11.0 Å². The summed E-state index contributed by atoms with van der Waals surface area (Å²) in [6.07, 6.45) is 1.78. The van der Waals surface area contributed by atoms with Crippen LogP contribution in [-0.4, -0.2) is 36.2 Å². The number of fused-ring (bicyclic) bond motifs is 1. The van der Waals surface area contributed by atoms with Crippen molar-refractivity contribution < 1.29 is 9.90 Å². The SMILES string of the molecule is CC[C@H](Sc1ncnc2c1nnn2-c1cccc(Cl)c1)C(=O)[O-]. The fourth-order valence-electron chi connectivity index (χ4n) is 2.03. The average Bonchev–Trinajstić information content (AvgIpc) is 2.97. The van der Waals surface area contributed by atoms with Gasteiger partial charge in [0.1, 0.15) is 11.4 Å². The van der Waals surface area contributed by atoms with Gasteiger partial charge in [-0.05, 0) is 24.6 Å². The van der Waals surface area contributed by atoms with E-state index < -0.39 is 11.2 Å². The molecule has 1 atom stereocenters. The summed E-state index contributed by atoms with van der Waals surface area (Å²) in [5, 5.41) is 19.6. The number of aromatic nitrogens is 5. The van der Waals surface area contributed by atoms with Crippen molar-refractivity contribution in [3.63, 3.8) is 0 Å². The van der Waals surface area contributed by atoms with E-state index in [1.807, 2.05) is 6.07 Å². The molecule has 3 aromatic rings. The first kappa shape index (κ1) is 15.7. The number of hydrogen-bond acceptors (Lipinski definition) is 7. The van der Waals surface area contributed by atoms with Gasteiger partial charge in [0.05, 0.1) is 16.9 Å². The van der Waals surface area contributed by atoms with Crippen LogP contribution in [0.3, 0.4) is 0 Å². The first-order valence-corrected chi connectivity index (χ1v) is 8.05. The number of halogens is 1. The van der Waals surface area contributed by atoms with Crippen LogP contribution in [0, 0.1) is 0 Å². The van der Waals surface area contributed by atoms with Crippen LogP contribution in [-0.2, 0) is 4.79 Å². The Balaban J connectivity index is 2.05. The minimum atomic E-state index is -1.13. The van der Waals surface area contributed by atoms with Crippen molar-refractivity contribution in [2.45, 2.75) is 23.6 Å². The molecule has 1 aromatic carbocycles. The highest BCUT2D eigenvalue weighted by molar-refractivity contribution is 8.00. The first-order valence-electron chi connectivity index (χ1n) is 6.80. The molecule has 0 bridgehead atoms. The maximum Gasteiger partial charge on any atom is 0.187 e. The molecule has 0 amide bonds. The molecule has 0 fully saturated rings. The van der Waals surface area contributed by atoms with Gasteiger partial charge in [0.15, 0.2) is 11.2 Å². The minimum absolute atomic E-state index is 0.418. The van der Waals surface area contributed by atoms with Gasteiger partial charge < -0.3 is 9.90 Å². The van der Waals surface area contributed by atoms with E-state index in [0.717, 1.165) is 11.8 Å². The normalized spacial score (nSPS) is 12.4. The maximum atomic E-state index is 11.1. The van der Waals surface area contributed by atoms with Crippen molar-refractivity contribution >= 4 is 40.5 Å². The van der Waals surface area contributed by atoms with Crippen LogP contribution in [0.1, 0.15) is 13.3 Å². The Hall–Kier alpha value is -2.19. The second-order valence-corrected chi connectivity index (χ2v) is 6.29. The summed E-state index contributed by atoms with van der Waals surface area (Å²) in [5.41, 5.74) is 1.64. The van der Waals surface area contributed by atoms with E-state index in [1.54, 1.807) is 25.1 Å². The number of nitrogens with zero attached hydrogens (tertiary/aromatic N) is 5. The number of rotatable bonds is 5. The highest BCUT2D eigenvalue weighted by Crippen LogP contribution is 2.28. The Kier molecular flexibility index (Phi) is 4.44. The molecule has 0 radical (unpaired) electrons. The number of aliphatic carboxylic acids is 1. The molecule has 2 aromatic heterocycles. The third-order valence-corrected chi connectivity index (χ3v) is 4.71. The molecule has 3 rings (SSSR count). The molecule has 0 saturated heterocycles. The molecule has 0 spiro atoms. The Labute approximate surface area is 140 Å². The second-order valence-electron chi connectivity index (χ2n) is 4.67. The van der Waals surface area contributed by atoms with Crippen LogP contribution in [0.5, 0.6) is 0 Å². The summed E-state index contributed by atoms with van der Waals surface area (Å²) in [6, 6.07) is 7.11. The van der Waals surface area contributed by atoms with Crippen LogP contribution in [0.25, 0.3) is 16.9 Å². The van der Waals surface area contributed by atoms with Gasteiger partial charge in [-0.25, -0.2) is 9.97 Å². The van der Waals surface area contributed by atoms with Crippen LogP contribution in [0.4, 0.5) is 0 Å². The van der Waals surface area contributed by atoms with E-state index in [2.05, 4.69) is 20.3 Å². The van der Waals surface area contributed by atoms with E-state index in [-0.39, 0.29) is 0 Å². The van der Waals surface area contributed by atoms with Crippen molar-refractivity contribution in [1.29, 1.82) is 0 Å². The Bertz CT molecular complexity index is 869. The molecule has 0 unspecified atom stereocenters. The number of benzene rings is 1. The van der Waals surface area contributed by atoms with Gasteiger partial charge in [0.2, 0.25) is 0 Å². The molecular formula is C14H11ClN5O2S-. The third kappa shape index (κ3) is 3.13. The van der Waals surface area contributed by atoms with Gasteiger partial charge in [-0.1, -0.05) is 41.6 Å². The number of carboxylic acids is 1. The largest absolute Gasteiger partial charge is 0.549 e. The van der Waals surface area contributed by atoms with Gasteiger partial charge >= 0.3 is 0 Å². The predicted molar refractivity (Wildman–Crippen MR) is 84.4 cm³/mol. The molecule has 0 saturated carbocycles. The second kappa shape index (κ2) is 6.51. The summed E-state index contributed by atoms with van der Waals surface area (Å²) < 4.78 is 1.53. The van der Waals surface area contributed by atoms with Gasteiger partial charge in [-0.15, -0.1) is 5.10 Å². The first-order chi connectivity index (χ1) is 11.1. The molecule has 118 valence electrons. The van der Waals surface area contributed by atoms with Crippen LogP contribution in [0.2, 0.25) is 5.02 Å². The standard InChI is InChI=1S/C14H12ClN5O2S/c1-2-10(14(21)22)23-13-11-12(16-7-17-13)20(19-18-11)9-5-3-4-8(15)6-9/h3-7,10H,2H2,1H3,(H,21,22)/p-1/t10-/m0/s1. The summed E-state index contributed by atoms with van der Waals surface area (Å²) in [5.74, 6) is -1.13. The molecule has 9 heteroatoms. The predicted octanol–water partition coefficient (Wildman–Crippen LogP) is 1.48. The van der Waals surface area contributed by atoms with Crippen molar-refractivity contribution in [3.05, 3.63) is 35.6 Å². The van der Waals surface area contributed by atoms with E-state index in [9.17, 15) is 9.90 Å². The third-order valence-electron chi connectivity index (χ3n) is 3.14. The molecular weight excluding hydrogens is 338 g/mol. The zero-order valence-corrected chi connectivity index (χ0v) is 13.6. The van der Waals surface area contributed by atoms with Crippen LogP contribution in [0.15, 0.2) is 35.6 Å². The quantitative estimate of drug-likeness (QED) is 0.509. The Morgan fingerprint density at radius 2 is 2.26 bits per heavy atom. The molecule has 0 N–H and O–H groups in total.